The topological polar surface area (TPSA) is 56.3 Å². The molecule has 1 aromatic heterocycles. The summed E-state index contributed by atoms with van der Waals surface area (Å²) in [4.78, 5) is 8.34. The molecule has 0 saturated carbocycles. The number of hydrogen-bond acceptors (Lipinski definition) is 5. The minimum Gasteiger partial charge on any atom is -0.480 e. The van der Waals surface area contributed by atoms with Gasteiger partial charge in [0, 0.05) is 26.0 Å². The summed E-state index contributed by atoms with van der Waals surface area (Å²) in [7, 11) is 3.32. The first-order valence-corrected chi connectivity index (χ1v) is 5.42. The smallest absolute Gasteiger partial charge is 0.235 e. The van der Waals surface area contributed by atoms with Crippen LogP contribution in [0, 0.1) is 0 Å². The standard InChI is InChI=1S/C11H19N3O2/c1-15-9-8-12-5-3-4-10-11(16-2)14-7-6-13-10/h6-7,12H,3-5,8-9H2,1-2H3. The van der Waals surface area contributed by atoms with Gasteiger partial charge in [-0.25, -0.2) is 4.98 Å². The molecule has 1 rings (SSSR count). The third kappa shape index (κ3) is 4.55. The first kappa shape index (κ1) is 12.9. The van der Waals surface area contributed by atoms with E-state index in [1.807, 2.05) is 0 Å². The lowest BCUT2D eigenvalue weighted by molar-refractivity contribution is 0.199. The summed E-state index contributed by atoms with van der Waals surface area (Å²) in [6.45, 7) is 2.58. The molecule has 0 unspecified atom stereocenters. The maximum atomic E-state index is 5.13. The van der Waals surface area contributed by atoms with Crippen LogP contribution in [0.3, 0.4) is 0 Å². The van der Waals surface area contributed by atoms with Gasteiger partial charge in [-0.05, 0) is 19.4 Å². The molecule has 0 amide bonds. The van der Waals surface area contributed by atoms with Gasteiger partial charge in [0.25, 0.3) is 0 Å². The van der Waals surface area contributed by atoms with E-state index in [2.05, 4.69) is 15.3 Å². The first-order valence-electron chi connectivity index (χ1n) is 5.42. The Bertz CT molecular complexity index is 294. The van der Waals surface area contributed by atoms with Crippen molar-refractivity contribution in [1.82, 2.24) is 15.3 Å². The molecule has 1 N–H and O–H groups in total. The Morgan fingerprint density at radius 1 is 1.19 bits per heavy atom. The highest BCUT2D eigenvalue weighted by Crippen LogP contribution is 2.11. The Morgan fingerprint density at radius 3 is 2.75 bits per heavy atom. The van der Waals surface area contributed by atoms with Crippen LogP contribution in [0.1, 0.15) is 12.1 Å². The van der Waals surface area contributed by atoms with Gasteiger partial charge in [0.2, 0.25) is 5.88 Å². The molecular weight excluding hydrogens is 206 g/mol. The molecule has 1 heterocycles. The third-order valence-corrected chi connectivity index (χ3v) is 2.18. The minimum atomic E-state index is 0.624. The van der Waals surface area contributed by atoms with Crippen molar-refractivity contribution in [3.63, 3.8) is 0 Å². The molecule has 0 aliphatic heterocycles. The summed E-state index contributed by atoms with van der Waals surface area (Å²) in [5.74, 6) is 0.624. The lowest BCUT2D eigenvalue weighted by Gasteiger charge is -2.06. The normalized spacial score (nSPS) is 10.4. The number of rotatable bonds is 8. The second-order valence-corrected chi connectivity index (χ2v) is 3.36. The van der Waals surface area contributed by atoms with Crippen molar-refractivity contribution in [2.45, 2.75) is 12.8 Å². The van der Waals surface area contributed by atoms with Crippen LogP contribution in [0.5, 0.6) is 5.88 Å². The molecular formula is C11H19N3O2. The van der Waals surface area contributed by atoms with E-state index in [9.17, 15) is 0 Å². The summed E-state index contributed by atoms with van der Waals surface area (Å²) < 4.78 is 10.1. The van der Waals surface area contributed by atoms with E-state index < -0.39 is 0 Å². The zero-order valence-corrected chi connectivity index (χ0v) is 9.90. The van der Waals surface area contributed by atoms with Gasteiger partial charge in [0.1, 0.15) is 5.69 Å². The minimum absolute atomic E-state index is 0.624. The molecule has 0 fully saturated rings. The fourth-order valence-corrected chi connectivity index (χ4v) is 1.38. The Hall–Kier alpha value is -1.20. The van der Waals surface area contributed by atoms with E-state index >= 15 is 0 Å². The Labute approximate surface area is 96.2 Å². The molecule has 1 aromatic rings. The Morgan fingerprint density at radius 2 is 2.00 bits per heavy atom. The molecule has 5 heteroatoms. The predicted octanol–water partition coefficient (Wildman–Crippen LogP) is 0.654. The molecule has 0 aliphatic carbocycles. The number of ether oxygens (including phenoxy) is 2. The monoisotopic (exact) mass is 225 g/mol. The number of nitrogens with one attached hydrogen (secondary N) is 1. The first-order chi connectivity index (χ1) is 7.88. The largest absolute Gasteiger partial charge is 0.480 e. The lowest BCUT2D eigenvalue weighted by Crippen LogP contribution is -2.20. The number of hydrogen-bond donors (Lipinski definition) is 1. The summed E-state index contributed by atoms with van der Waals surface area (Å²) in [6, 6.07) is 0. The van der Waals surface area contributed by atoms with Crippen LogP contribution in [-0.2, 0) is 11.2 Å². The van der Waals surface area contributed by atoms with Crippen LogP contribution in [0.4, 0.5) is 0 Å². The van der Waals surface area contributed by atoms with Crippen molar-refractivity contribution in [3.05, 3.63) is 18.1 Å². The maximum Gasteiger partial charge on any atom is 0.235 e. The second kappa shape index (κ2) is 8.01. The van der Waals surface area contributed by atoms with Crippen LogP contribution in [0.25, 0.3) is 0 Å². The lowest BCUT2D eigenvalue weighted by atomic mass is 10.2. The van der Waals surface area contributed by atoms with Gasteiger partial charge >= 0.3 is 0 Å². The Balaban J connectivity index is 2.21. The highest BCUT2D eigenvalue weighted by atomic mass is 16.5. The van der Waals surface area contributed by atoms with Gasteiger partial charge in [0.05, 0.1) is 13.7 Å². The average Bonchev–Trinajstić information content (AvgIpc) is 2.34. The Kier molecular flexibility index (Phi) is 6.44. The van der Waals surface area contributed by atoms with E-state index in [0.29, 0.717) is 5.88 Å². The van der Waals surface area contributed by atoms with E-state index in [4.69, 9.17) is 9.47 Å². The molecule has 0 bridgehead atoms. The van der Waals surface area contributed by atoms with Crippen molar-refractivity contribution in [3.8, 4) is 5.88 Å². The molecule has 0 spiro atoms. The van der Waals surface area contributed by atoms with Crippen LogP contribution in [0.15, 0.2) is 12.4 Å². The van der Waals surface area contributed by atoms with Crippen LogP contribution in [-0.4, -0.2) is 43.9 Å². The van der Waals surface area contributed by atoms with Crippen molar-refractivity contribution < 1.29 is 9.47 Å². The van der Waals surface area contributed by atoms with Gasteiger partial charge in [-0.3, -0.25) is 4.98 Å². The predicted molar refractivity (Wildman–Crippen MR) is 61.7 cm³/mol. The SMILES string of the molecule is COCCNCCCc1nccnc1OC. The molecule has 0 aromatic carbocycles. The van der Waals surface area contributed by atoms with Crippen LogP contribution in [0.2, 0.25) is 0 Å². The molecule has 0 aliphatic rings. The summed E-state index contributed by atoms with van der Waals surface area (Å²) >= 11 is 0. The van der Waals surface area contributed by atoms with Crippen molar-refractivity contribution >= 4 is 0 Å². The molecule has 90 valence electrons. The van der Waals surface area contributed by atoms with E-state index in [1.165, 1.54) is 0 Å². The van der Waals surface area contributed by atoms with Gasteiger partial charge in [0.15, 0.2) is 0 Å². The van der Waals surface area contributed by atoms with Gasteiger partial charge in [-0.1, -0.05) is 0 Å². The highest BCUT2D eigenvalue weighted by molar-refractivity contribution is 5.16. The van der Waals surface area contributed by atoms with Crippen molar-refractivity contribution in [2.24, 2.45) is 0 Å². The molecule has 0 atom stereocenters. The fraction of sp³-hybridized carbons (Fsp3) is 0.636. The molecule has 5 nitrogen and oxygen atoms in total. The number of methoxy groups -OCH3 is 2. The fourth-order valence-electron chi connectivity index (χ4n) is 1.38. The van der Waals surface area contributed by atoms with Gasteiger partial charge < -0.3 is 14.8 Å². The van der Waals surface area contributed by atoms with E-state index in [1.54, 1.807) is 26.6 Å². The van der Waals surface area contributed by atoms with Crippen molar-refractivity contribution in [2.75, 3.05) is 33.9 Å². The number of nitrogens with zero attached hydrogens (tertiary/aromatic N) is 2. The molecule has 0 saturated heterocycles. The summed E-state index contributed by atoms with van der Waals surface area (Å²) in [5.41, 5.74) is 0.915. The summed E-state index contributed by atoms with van der Waals surface area (Å²) in [5, 5.41) is 3.28. The number of aryl methyl sites for hydroxylation is 1. The van der Waals surface area contributed by atoms with Crippen LogP contribution < -0.4 is 10.1 Å². The van der Waals surface area contributed by atoms with Crippen molar-refractivity contribution in [1.29, 1.82) is 0 Å². The summed E-state index contributed by atoms with van der Waals surface area (Å²) in [6.07, 6.45) is 5.21. The molecule has 0 radical (unpaired) electrons. The second-order valence-electron chi connectivity index (χ2n) is 3.36. The van der Waals surface area contributed by atoms with Crippen LogP contribution >= 0.6 is 0 Å². The zero-order chi connectivity index (χ0) is 11.6. The maximum absolute atomic E-state index is 5.13. The van der Waals surface area contributed by atoms with E-state index in [0.717, 1.165) is 38.2 Å². The van der Waals surface area contributed by atoms with Gasteiger partial charge in [-0.2, -0.15) is 0 Å². The number of aromatic nitrogens is 2. The van der Waals surface area contributed by atoms with Gasteiger partial charge in [-0.15, -0.1) is 0 Å². The highest BCUT2D eigenvalue weighted by Gasteiger charge is 2.03. The zero-order valence-electron chi connectivity index (χ0n) is 9.90. The quantitative estimate of drug-likeness (QED) is 0.658. The average molecular weight is 225 g/mol. The van der Waals surface area contributed by atoms with E-state index in [-0.39, 0.29) is 0 Å². The molecule has 16 heavy (non-hydrogen) atoms. The third-order valence-electron chi connectivity index (χ3n) is 2.18.